The molecule has 4 rings (SSSR count). The molecule has 0 radical (unpaired) electrons. The van der Waals surface area contributed by atoms with Gasteiger partial charge in [-0.05, 0) is 51.0 Å². The zero-order valence-corrected chi connectivity index (χ0v) is 20.1. The molecule has 1 saturated heterocycles. The van der Waals surface area contributed by atoms with Crippen LogP contribution in [0, 0.1) is 20.8 Å². The van der Waals surface area contributed by atoms with Gasteiger partial charge in [0.2, 0.25) is 0 Å². The largest absolute Gasteiger partial charge is 0.497 e. The number of aryl methyl sites for hydroxylation is 3. The zero-order chi connectivity index (χ0) is 23.4. The van der Waals surface area contributed by atoms with Crippen molar-refractivity contribution >= 4 is 5.78 Å². The average molecular weight is 451 g/mol. The summed E-state index contributed by atoms with van der Waals surface area (Å²) in [5.41, 5.74) is 5.28. The molecule has 0 amide bonds. The van der Waals surface area contributed by atoms with Crippen LogP contribution in [0.2, 0.25) is 0 Å². The summed E-state index contributed by atoms with van der Waals surface area (Å²) in [6.07, 6.45) is 0.918. The highest BCUT2D eigenvalue weighted by Crippen LogP contribution is 2.19. The summed E-state index contributed by atoms with van der Waals surface area (Å²) < 4.78 is 12.7. The molecule has 7 heteroatoms. The minimum Gasteiger partial charge on any atom is -0.497 e. The SMILES string of the molecule is COc1ccc(CCn2c(C)cc(C(=O)CN3CCN(Cc4cc(C)on4)CC3)c2C)cc1. The molecular weight excluding hydrogens is 416 g/mol. The third-order valence-corrected chi connectivity index (χ3v) is 6.55. The topological polar surface area (TPSA) is 63.7 Å². The number of carbonyl (C=O) groups excluding carboxylic acids is 1. The van der Waals surface area contributed by atoms with Gasteiger partial charge in [-0.15, -0.1) is 0 Å². The Balaban J connectivity index is 1.30. The van der Waals surface area contributed by atoms with Crippen molar-refractivity contribution in [2.45, 2.75) is 40.3 Å². The summed E-state index contributed by atoms with van der Waals surface area (Å²) in [4.78, 5) is 17.7. The fourth-order valence-corrected chi connectivity index (χ4v) is 4.58. The Morgan fingerprint density at radius 1 is 1.03 bits per heavy atom. The summed E-state index contributed by atoms with van der Waals surface area (Å²) in [5.74, 6) is 1.92. The maximum Gasteiger partial charge on any atom is 0.178 e. The van der Waals surface area contributed by atoms with Crippen molar-refractivity contribution in [2.75, 3.05) is 39.8 Å². The van der Waals surface area contributed by atoms with Crippen molar-refractivity contribution in [3.63, 3.8) is 0 Å². The third-order valence-electron chi connectivity index (χ3n) is 6.55. The van der Waals surface area contributed by atoms with Crippen LogP contribution in [0.25, 0.3) is 0 Å². The van der Waals surface area contributed by atoms with E-state index < -0.39 is 0 Å². The number of carbonyl (C=O) groups is 1. The molecule has 1 aliphatic rings. The second-order valence-electron chi connectivity index (χ2n) is 8.94. The zero-order valence-electron chi connectivity index (χ0n) is 20.1. The first-order valence-electron chi connectivity index (χ1n) is 11.6. The summed E-state index contributed by atoms with van der Waals surface area (Å²) in [7, 11) is 1.68. The number of aromatic nitrogens is 2. The number of hydrogen-bond acceptors (Lipinski definition) is 6. The first-order chi connectivity index (χ1) is 15.9. The number of benzene rings is 1. The van der Waals surface area contributed by atoms with Crippen molar-refractivity contribution in [1.29, 1.82) is 0 Å². The normalized spacial score (nSPS) is 15.2. The lowest BCUT2D eigenvalue weighted by Crippen LogP contribution is -2.47. The van der Waals surface area contributed by atoms with E-state index in [1.807, 2.05) is 25.1 Å². The van der Waals surface area contributed by atoms with Crippen LogP contribution in [-0.4, -0.2) is 65.1 Å². The van der Waals surface area contributed by atoms with Gasteiger partial charge in [0.25, 0.3) is 0 Å². The molecule has 3 heterocycles. The molecule has 0 spiro atoms. The predicted octanol–water partition coefficient (Wildman–Crippen LogP) is 3.65. The number of Topliss-reactive ketones (excluding diaryl/α,β-unsaturated/α-hetero) is 1. The molecule has 0 atom stereocenters. The molecule has 0 N–H and O–H groups in total. The number of ether oxygens (including phenoxy) is 1. The summed E-state index contributed by atoms with van der Waals surface area (Å²) in [6.45, 7) is 11.8. The molecule has 0 aliphatic carbocycles. The molecule has 0 unspecified atom stereocenters. The minimum absolute atomic E-state index is 0.208. The van der Waals surface area contributed by atoms with Crippen LogP contribution in [0.15, 0.2) is 40.9 Å². The van der Waals surface area contributed by atoms with Crippen LogP contribution in [0.5, 0.6) is 5.75 Å². The average Bonchev–Trinajstić information content (AvgIpc) is 3.35. The number of rotatable bonds is 9. The van der Waals surface area contributed by atoms with Crippen molar-refractivity contribution in [3.8, 4) is 5.75 Å². The molecule has 0 bridgehead atoms. The maximum atomic E-state index is 13.1. The smallest absolute Gasteiger partial charge is 0.178 e. The Morgan fingerprint density at radius 3 is 2.36 bits per heavy atom. The fourth-order valence-electron chi connectivity index (χ4n) is 4.58. The number of hydrogen-bond donors (Lipinski definition) is 0. The van der Waals surface area contributed by atoms with E-state index in [0.29, 0.717) is 6.54 Å². The monoisotopic (exact) mass is 450 g/mol. The van der Waals surface area contributed by atoms with Gasteiger partial charge in [0.15, 0.2) is 5.78 Å². The molecule has 3 aromatic rings. The molecule has 2 aromatic heterocycles. The second-order valence-corrected chi connectivity index (χ2v) is 8.94. The number of methoxy groups -OCH3 is 1. The van der Waals surface area contributed by atoms with E-state index in [-0.39, 0.29) is 5.78 Å². The Morgan fingerprint density at radius 2 is 1.73 bits per heavy atom. The van der Waals surface area contributed by atoms with Gasteiger partial charge < -0.3 is 13.8 Å². The predicted molar refractivity (Wildman–Crippen MR) is 128 cm³/mol. The van der Waals surface area contributed by atoms with E-state index in [1.54, 1.807) is 7.11 Å². The van der Waals surface area contributed by atoms with Crippen LogP contribution >= 0.6 is 0 Å². The quantitative estimate of drug-likeness (QED) is 0.464. The van der Waals surface area contributed by atoms with E-state index in [9.17, 15) is 4.79 Å². The summed E-state index contributed by atoms with van der Waals surface area (Å²) >= 11 is 0. The number of piperazine rings is 1. The standard InChI is InChI=1S/C26H34N4O3/c1-19-15-25(21(3)30(19)10-9-22-5-7-24(32-4)8-6-22)26(31)18-29-13-11-28(12-14-29)17-23-16-20(2)33-27-23/h5-8,15-16H,9-14,17-18H2,1-4H3. The first-order valence-corrected chi connectivity index (χ1v) is 11.6. The van der Waals surface area contributed by atoms with Crippen LogP contribution in [0.3, 0.4) is 0 Å². The van der Waals surface area contributed by atoms with Gasteiger partial charge in [0, 0.05) is 62.3 Å². The highest BCUT2D eigenvalue weighted by atomic mass is 16.5. The number of ketones is 1. The number of nitrogens with zero attached hydrogens (tertiary/aromatic N) is 4. The fraction of sp³-hybridized carbons (Fsp3) is 0.462. The minimum atomic E-state index is 0.208. The Kier molecular flexibility index (Phi) is 7.30. The van der Waals surface area contributed by atoms with Gasteiger partial charge in [-0.25, -0.2) is 0 Å². The van der Waals surface area contributed by atoms with Crippen molar-refractivity contribution < 1.29 is 14.1 Å². The van der Waals surface area contributed by atoms with Gasteiger partial charge in [0.05, 0.1) is 19.3 Å². The second kappa shape index (κ2) is 10.4. The van der Waals surface area contributed by atoms with Crippen LogP contribution < -0.4 is 4.74 Å². The maximum absolute atomic E-state index is 13.1. The van der Waals surface area contributed by atoms with Crippen LogP contribution in [-0.2, 0) is 19.5 Å². The molecule has 0 saturated carbocycles. The molecule has 7 nitrogen and oxygen atoms in total. The lowest BCUT2D eigenvalue weighted by Gasteiger charge is -2.33. The van der Waals surface area contributed by atoms with Crippen LogP contribution in [0.1, 0.15) is 38.8 Å². The van der Waals surface area contributed by atoms with Gasteiger partial charge in [-0.1, -0.05) is 17.3 Å². The lowest BCUT2D eigenvalue weighted by atomic mass is 10.1. The van der Waals surface area contributed by atoms with E-state index in [1.165, 1.54) is 5.56 Å². The highest BCUT2D eigenvalue weighted by Gasteiger charge is 2.22. The summed E-state index contributed by atoms with van der Waals surface area (Å²) in [6, 6.07) is 12.2. The molecule has 1 fully saturated rings. The molecule has 176 valence electrons. The van der Waals surface area contributed by atoms with Crippen LogP contribution in [0.4, 0.5) is 0 Å². The first kappa shape index (κ1) is 23.3. The van der Waals surface area contributed by atoms with Crippen molar-refractivity contribution in [2.24, 2.45) is 0 Å². The Labute approximate surface area is 195 Å². The molecule has 33 heavy (non-hydrogen) atoms. The van der Waals surface area contributed by atoms with Crippen molar-refractivity contribution in [3.05, 3.63) is 70.4 Å². The third kappa shape index (κ3) is 5.72. The van der Waals surface area contributed by atoms with E-state index in [2.05, 4.69) is 51.6 Å². The van der Waals surface area contributed by atoms with Gasteiger partial charge >= 0.3 is 0 Å². The molecular formula is C26H34N4O3. The van der Waals surface area contributed by atoms with Gasteiger partial charge in [-0.3, -0.25) is 14.6 Å². The van der Waals surface area contributed by atoms with Crippen molar-refractivity contribution in [1.82, 2.24) is 19.5 Å². The molecule has 1 aliphatic heterocycles. The Bertz CT molecular complexity index is 1080. The van der Waals surface area contributed by atoms with E-state index in [4.69, 9.17) is 9.26 Å². The van der Waals surface area contributed by atoms with E-state index in [0.717, 1.165) is 79.8 Å². The van der Waals surface area contributed by atoms with E-state index >= 15 is 0 Å². The Hall–Kier alpha value is -2.90. The van der Waals surface area contributed by atoms with Gasteiger partial charge in [0.1, 0.15) is 11.5 Å². The van der Waals surface area contributed by atoms with Gasteiger partial charge in [-0.2, -0.15) is 0 Å². The molecule has 1 aromatic carbocycles. The highest BCUT2D eigenvalue weighted by molar-refractivity contribution is 5.99. The lowest BCUT2D eigenvalue weighted by molar-refractivity contribution is 0.0840. The summed E-state index contributed by atoms with van der Waals surface area (Å²) in [5, 5.41) is 4.09.